The van der Waals surface area contributed by atoms with Crippen LogP contribution >= 0.6 is 0 Å². The minimum atomic E-state index is -0.761. The van der Waals surface area contributed by atoms with E-state index >= 15 is 0 Å². The molecule has 2 rings (SSSR count). The second kappa shape index (κ2) is 6.29. The number of hydrogen-bond donors (Lipinski definition) is 0. The van der Waals surface area contributed by atoms with Crippen LogP contribution in [-0.2, 0) is 14.4 Å². The highest BCUT2D eigenvalue weighted by atomic mass is 16.7. The Hall–Kier alpha value is -2.51. The van der Waals surface area contributed by atoms with Gasteiger partial charge < -0.3 is 23.8 Å². The summed E-state index contributed by atoms with van der Waals surface area (Å²) >= 11 is 0. The number of methoxy groups -OCH3 is 4. The molecule has 0 saturated carbocycles. The van der Waals surface area contributed by atoms with Crippen molar-refractivity contribution in [3.8, 4) is 17.5 Å². The zero-order valence-corrected chi connectivity index (χ0v) is 12.2. The molecule has 1 aliphatic rings. The average molecular weight is 296 g/mol. The summed E-state index contributed by atoms with van der Waals surface area (Å²) in [5, 5.41) is 3.90. The van der Waals surface area contributed by atoms with Gasteiger partial charge in [0.1, 0.15) is 0 Å². The van der Waals surface area contributed by atoms with Crippen molar-refractivity contribution in [1.82, 2.24) is 4.98 Å². The Morgan fingerprint density at radius 3 is 2.48 bits per heavy atom. The molecule has 0 aromatic carbocycles. The molecule has 0 spiro atoms. The van der Waals surface area contributed by atoms with Crippen LogP contribution in [0.15, 0.2) is 11.2 Å². The number of carbonyl (C=O) groups is 1. The summed E-state index contributed by atoms with van der Waals surface area (Å²) in [6.07, 6.45) is -0.497. The quantitative estimate of drug-likeness (QED) is 0.741. The molecule has 1 aliphatic heterocycles. The molecule has 21 heavy (non-hydrogen) atoms. The molecule has 0 amide bonds. The first kappa shape index (κ1) is 14.9. The van der Waals surface area contributed by atoms with E-state index in [4.69, 9.17) is 19.0 Å². The number of esters is 1. The van der Waals surface area contributed by atoms with Gasteiger partial charge in [-0.25, -0.2) is 4.79 Å². The van der Waals surface area contributed by atoms with Crippen molar-refractivity contribution in [2.45, 2.75) is 12.5 Å². The Bertz CT molecular complexity index is 572. The van der Waals surface area contributed by atoms with Crippen molar-refractivity contribution >= 4 is 11.7 Å². The SMILES string of the molecule is COC(=O)[C@@H]1CC(c2cc(OC)c(OC)nc2OC)=NO1. The number of rotatable bonds is 5. The van der Waals surface area contributed by atoms with Gasteiger partial charge in [-0.05, 0) is 0 Å². The average Bonchev–Trinajstić information content (AvgIpc) is 3.02. The van der Waals surface area contributed by atoms with E-state index in [-0.39, 0.29) is 6.42 Å². The molecule has 0 bridgehead atoms. The van der Waals surface area contributed by atoms with Gasteiger partial charge in [0, 0.05) is 12.5 Å². The van der Waals surface area contributed by atoms with E-state index in [0.717, 1.165) is 0 Å². The summed E-state index contributed by atoms with van der Waals surface area (Å²) in [6.45, 7) is 0. The monoisotopic (exact) mass is 296 g/mol. The fourth-order valence-electron chi connectivity index (χ4n) is 1.91. The molecule has 8 heteroatoms. The lowest BCUT2D eigenvalue weighted by Crippen LogP contribution is -2.22. The zero-order valence-electron chi connectivity index (χ0n) is 12.2. The molecular weight excluding hydrogens is 280 g/mol. The van der Waals surface area contributed by atoms with Crippen molar-refractivity contribution in [2.75, 3.05) is 28.4 Å². The van der Waals surface area contributed by atoms with Crippen LogP contribution in [0, 0.1) is 0 Å². The first-order valence-corrected chi connectivity index (χ1v) is 6.12. The van der Waals surface area contributed by atoms with Gasteiger partial charge in [-0.3, -0.25) is 0 Å². The Kier molecular flexibility index (Phi) is 4.46. The van der Waals surface area contributed by atoms with Crippen molar-refractivity contribution in [3.05, 3.63) is 11.6 Å². The number of pyridine rings is 1. The first-order chi connectivity index (χ1) is 10.1. The van der Waals surface area contributed by atoms with Gasteiger partial charge in [-0.15, -0.1) is 0 Å². The second-order valence-electron chi connectivity index (χ2n) is 4.12. The number of oxime groups is 1. The molecule has 0 saturated heterocycles. The highest BCUT2D eigenvalue weighted by molar-refractivity contribution is 6.05. The van der Waals surface area contributed by atoms with E-state index in [2.05, 4.69) is 14.9 Å². The molecule has 2 heterocycles. The molecule has 0 fully saturated rings. The van der Waals surface area contributed by atoms with Crippen LogP contribution in [0.25, 0.3) is 0 Å². The lowest BCUT2D eigenvalue weighted by Gasteiger charge is -2.12. The Morgan fingerprint density at radius 1 is 1.19 bits per heavy atom. The molecule has 0 radical (unpaired) electrons. The lowest BCUT2D eigenvalue weighted by molar-refractivity contribution is -0.152. The fourth-order valence-corrected chi connectivity index (χ4v) is 1.91. The van der Waals surface area contributed by atoms with Gasteiger partial charge in [-0.2, -0.15) is 4.98 Å². The lowest BCUT2D eigenvalue weighted by atomic mass is 10.1. The maximum Gasteiger partial charge on any atom is 0.350 e. The van der Waals surface area contributed by atoms with Crippen LogP contribution in [0.2, 0.25) is 0 Å². The zero-order chi connectivity index (χ0) is 15.4. The summed E-state index contributed by atoms with van der Waals surface area (Å²) in [4.78, 5) is 20.7. The summed E-state index contributed by atoms with van der Waals surface area (Å²) in [6, 6.07) is 1.67. The van der Waals surface area contributed by atoms with Crippen molar-refractivity contribution < 1.29 is 28.6 Å². The van der Waals surface area contributed by atoms with E-state index in [1.165, 1.54) is 28.4 Å². The Labute approximate surface area is 121 Å². The van der Waals surface area contributed by atoms with Crippen LogP contribution in [-0.4, -0.2) is 51.2 Å². The minimum Gasteiger partial charge on any atom is -0.491 e. The van der Waals surface area contributed by atoms with E-state index in [0.29, 0.717) is 28.8 Å². The molecular formula is C13H16N2O6. The normalized spacial score (nSPS) is 16.8. The predicted molar refractivity (Wildman–Crippen MR) is 71.9 cm³/mol. The third kappa shape index (κ3) is 2.83. The minimum absolute atomic E-state index is 0.264. The molecule has 8 nitrogen and oxygen atoms in total. The highest BCUT2D eigenvalue weighted by Crippen LogP contribution is 2.33. The van der Waals surface area contributed by atoms with Gasteiger partial charge in [0.25, 0.3) is 5.88 Å². The Morgan fingerprint density at radius 2 is 1.90 bits per heavy atom. The van der Waals surface area contributed by atoms with E-state index in [9.17, 15) is 4.79 Å². The number of nitrogens with zero attached hydrogens (tertiary/aromatic N) is 2. The fraction of sp³-hybridized carbons (Fsp3) is 0.462. The summed E-state index contributed by atoms with van der Waals surface area (Å²) in [5.74, 6) is 0.543. The third-order valence-corrected chi connectivity index (χ3v) is 2.97. The molecule has 114 valence electrons. The molecule has 0 unspecified atom stereocenters. The van der Waals surface area contributed by atoms with Crippen LogP contribution in [0.4, 0.5) is 0 Å². The maximum absolute atomic E-state index is 11.5. The number of ether oxygens (including phenoxy) is 4. The van der Waals surface area contributed by atoms with Gasteiger partial charge >= 0.3 is 5.97 Å². The molecule has 1 aromatic rings. The maximum atomic E-state index is 11.5. The van der Waals surface area contributed by atoms with Gasteiger partial charge in [-0.1, -0.05) is 5.16 Å². The second-order valence-corrected chi connectivity index (χ2v) is 4.12. The topological polar surface area (TPSA) is 88.5 Å². The van der Waals surface area contributed by atoms with Gasteiger partial charge in [0.05, 0.1) is 39.7 Å². The molecule has 0 N–H and O–H groups in total. The van der Waals surface area contributed by atoms with Crippen LogP contribution < -0.4 is 14.2 Å². The van der Waals surface area contributed by atoms with Crippen molar-refractivity contribution in [2.24, 2.45) is 5.16 Å². The summed E-state index contributed by atoms with van der Waals surface area (Å²) < 4.78 is 20.2. The first-order valence-electron chi connectivity index (χ1n) is 6.12. The third-order valence-electron chi connectivity index (χ3n) is 2.97. The van der Waals surface area contributed by atoms with Crippen LogP contribution in [0.1, 0.15) is 12.0 Å². The van der Waals surface area contributed by atoms with Crippen molar-refractivity contribution in [3.63, 3.8) is 0 Å². The van der Waals surface area contributed by atoms with Crippen molar-refractivity contribution in [1.29, 1.82) is 0 Å². The Balaban J connectivity index is 2.34. The molecule has 1 atom stereocenters. The number of aromatic nitrogens is 1. The number of carbonyl (C=O) groups excluding carboxylic acids is 1. The largest absolute Gasteiger partial charge is 0.491 e. The van der Waals surface area contributed by atoms with E-state index < -0.39 is 12.1 Å². The van der Waals surface area contributed by atoms with Crippen LogP contribution in [0.3, 0.4) is 0 Å². The predicted octanol–water partition coefficient (Wildman–Crippen LogP) is 0.773. The van der Waals surface area contributed by atoms with Crippen LogP contribution in [0.5, 0.6) is 17.5 Å². The summed E-state index contributed by atoms with van der Waals surface area (Å²) in [7, 11) is 5.75. The highest BCUT2D eigenvalue weighted by Gasteiger charge is 2.32. The smallest absolute Gasteiger partial charge is 0.350 e. The number of hydrogen-bond acceptors (Lipinski definition) is 8. The summed E-state index contributed by atoms with van der Waals surface area (Å²) in [5.41, 5.74) is 1.09. The van der Waals surface area contributed by atoms with E-state index in [1.54, 1.807) is 6.07 Å². The van der Waals surface area contributed by atoms with E-state index in [1.807, 2.05) is 0 Å². The van der Waals surface area contributed by atoms with Gasteiger partial charge in [0.2, 0.25) is 12.0 Å². The van der Waals surface area contributed by atoms with Gasteiger partial charge in [0.15, 0.2) is 5.75 Å². The molecule has 1 aromatic heterocycles. The molecule has 0 aliphatic carbocycles. The standard InChI is InChI=1S/C13H16N2O6/c1-17-9-5-7(11(18-2)14-12(9)19-3)8-6-10(21-15-8)13(16)20-4/h5,10H,6H2,1-4H3/t10-/m0/s1.